The molecule has 5 rings (SSSR count). The number of anilines is 1. The molecule has 0 fully saturated rings. The number of nitrogens with zero attached hydrogens (tertiary/aromatic N) is 4. The van der Waals surface area contributed by atoms with Crippen LogP contribution in [0.1, 0.15) is 23.7 Å². The summed E-state index contributed by atoms with van der Waals surface area (Å²) in [5, 5.41) is 7.00. The average molecular weight is 518 g/mol. The van der Waals surface area contributed by atoms with Crippen molar-refractivity contribution in [2.75, 3.05) is 5.32 Å². The monoisotopic (exact) mass is 517 g/mol. The molecule has 2 aromatic carbocycles. The number of aromatic nitrogens is 4. The van der Waals surface area contributed by atoms with Gasteiger partial charge >= 0.3 is 6.18 Å². The molecule has 1 N–H and O–H groups in total. The van der Waals surface area contributed by atoms with Gasteiger partial charge in [-0.05, 0) is 53.0 Å². The molecule has 4 aromatic rings. The van der Waals surface area contributed by atoms with Crippen LogP contribution in [0.4, 0.5) is 18.9 Å². The molecular formula is C22H15BrF3N5O2. The molecule has 0 aliphatic carbocycles. The predicted molar refractivity (Wildman–Crippen MR) is 118 cm³/mol. The normalized spacial score (nSPS) is 15.6. The van der Waals surface area contributed by atoms with E-state index in [4.69, 9.17) is 0 Å². The average Bonchev–Trinajstić information content (AvgIpc) is 3.43. The van der Waals surface area contributed by atoms with Crippen LogP contribution < -0.4 is 10.9 Å². The molecule has 1 atom stereocenters. The first kappa shape index (κ1) is 21.4. The third-order valence-electron chi connectivity index (χ3n) is 5.51. The van der Waals surface area contributed by atoms with Gasteiger partial charge in [-0.1, -0.05) is 30.3 Å². The zero-order valence-corrected chi connectivity index (χ0v) is 18.4. The molecule has 1 amide bonds. The second-order valence-corrected chi connectivity index (χ2v) is 8.36. The Morgan fingerprint density at radius 3 is 2.45 bits per heavy atom. The Labute approximate surface area is 193 Å². The minimum absolute atomic E-state index is 0.224. The van der Waals surface area contributed by atoms with Gasteiger partial charge in [0.1, 0.15) is 10.5 Å². The summed E-state index contributed by atoms with van der Waals surface area (Å²) >= 11 is 3.33. The lowest BCUT2D eigenvalue weighted by Crippen LogP contribution is -2.28. The van der Waals surface area contributed by atoms with E-state index in [0.29, 0.717) is 28.8 Å². The highest BCUT2D eigenvalue weighted by molar-refractivity contribution is 9.10. The number of benzene rings is 2. The second kappa shape index (κ2) is 7.84. The number of halogens is 4. The van der Waals surface area contributed by atoms with Crippen molar-refractivity contribution in [1.29, 1.82) is 0 Å². The first-order valence-corrected chi connectivity index (χ1v) is 10.8. The summed E-state index contributed by atoms with van der Waals surface area (Å²) in [6.07, 6.45) is -3.61. The highest BCUT2D eigenvalue weighted by atomic mass is 79.9. The van der Waals surface area contributed by atoms with E-state index in [1.54, 1.807) is 4.57 Å². The summed E-state index contributed by atoms with van der Waals surface area (Å²) in [5.41, 5.74) is 0.396. The zero-order chi connectivity index (χ0) is 23.3. The van der Waals surface area contributed by atoms with Crippen molar-refractivity contribution in [1.82, 2.24) is 19.2 Å². The minimum atomic E-state index is -4.46. The molecule has 0 saturated heterocycles. The summed E-state index contributed by atoms with van der Waals surface area (Å²) in [4.78, 5) is 30.4. The fraction of sp³-hybridized carbons (Fsp3) is 0.182. The molecule has 33 heavy (non-hydrogen) atoms. The second-order valence-electron chi connectivity index (χ2n) is 7.57. The maximum atomic E-state index is 13.1. The SMILES string of the molecule is O=C(Nc1ccc(C(F)(F)F)cc1)C1CCc2c(Br)c(=O)n3nc(-c4ccccc4)nc3n21. The van der Waals surface area contributed by atoms with E-state index in [0.717, 1.165) is 22.2 Å². The molecule has 0 radical (unpaired) electrons. The predicted octanol–water partition coefficient (Wildman–Crippen LogP) is 4.47. The van der Waals surface area contributed by atoms with E-state index in [2.05, 4.69) is 31.3 Å². The first-order valence-electron chi connectivity index (χ1n) is 9.97. The summed E-state index contributed by atoms with van der Waals surface area (Å²) in [6.45, 7) is 0. The fourth-order valence-corrected chi connectivity index (χ4v) is 4.48. The van der Waals surface area contributed by atoms with Crippen molar-refractivity contribution in [3.63, 3.8) is 0 Å². The van der Waals surface area contributed by atoms with Gasteiger partial charge in [0.05, 0.1) is 5.56 Å². The zero-order valence-electron chi connectivity index (χ0n) is 16.8. The van der Waals surface area contributed by atoms with Gasteiger partial charge in [-0.25, -0.2) is 0 Å². The van der Waals surface area contributed by atoms with E-state index >= 15 is 0 Å². The van der Waals surface area contributed by atoms with E-state index < -0.39 is 23.7 Å². The molecule has 0 spiro atoms. The molecule has 1 unspecified atom stereocenters. The number of carbonyl (C=O) groups is 1. The van der Waals surface area contributed by atoms with Crippen LogP contribution in [-0.2, 0) is 17.4 Å². The molecule has 7 nitrogen and oxygen atoms in total. The maximum absolute atomic E-state index is 13.1. The standard InChI is InChI=1S/C22H15BrF3N5O2/c23-17-15-10-11-16(19(32)27-14-8-6-13(7-9-14)22(24,25)26)30(15)21-28-18(29-31(21)20(17)33)12-4-2-1-3-5-12/h1-9,16H,10-11H2,(H,27,32). The number of alkyl halides is 3. The maximum Gasteiger partial charge on any atom is 0.416 e. The summed E-state index contributed by atoms with van der Waals surface area (Å²) in [6, 6.07) is 12.7. The van der Waals surface area contributed by atoms with Gasteiger partial charge in [0, 0.05) is 16.9 Å². The molecule has 11 heteroatoms. The van der Waals surface area contributed by atoms with Crippen LogP contribution >= 0.6 is 15.9 Å². The van der Waals surface area contributed by atoms with E-state index in [1.165, 1.54) is 12.1 Å². The van der Waals surface area contributed by atoms with Crippen LogP contribution in [-0.4, -0.2) is 25.1 Å². The highest BCUT2D eigenvalue weighted by Crippen LogP contribution is 2.33. The number of amides is 1. The largest absolute Gasteiger partial charge is 0.416 e. The van der Waals surface area contributed by atoms with Crippen molar-refractivity contribution in [2.45, 2.75) is 25.1 Å². The van der Waals surface area contributed by atoms with Crippen LogP contribution in [0.3, 0.4) is 0 Å². The van der Waals surface area contributed by atoms with Crippen molar-refractivity contribution >= 4 is 33.3 Å². The Bertz CT molecular complexity index is 1430. The van der Waals surface area contributed by atoms with Gasteiger partial charge in [-0.3, -0.25) is 9.59 Å². The van der Waals surface area contributed by atoms with Gasteiger partial charge in [-0.2, -0.15) is 22.7 Å². The Morgan fingerprint density at radius 1 is 1.09 bits per heavy atom. The summed E-state index contributed by atoms with van der Waals surface area (Å²) in [5.74, 6) is 0.145. The van der Waals surface area contributed by atoms with Gasteiger partial charge in [-0.15, -0.1) is 5.10 Å². The molecule has 1 aliphatic rings. The minimum Gasteiger partial charge on any atom is -0.324 e. The van der Waals surface area contributed by atoms with Gasteiger partial charge in [0.15, 0.2) is 5.82 Å². The molecule has 1 aliphatic heterocycles. The first-order chi connectivity index (χ1) is 15.7. The van der Waals surface area contributed by atoms with Crippen molar-refractivity contribution in [2.24, 2.45) is 0 Å². The lowest BCUT2D eigenvalue weighted by atomic mass is 10.1. The number of fused-ring (bicyclic) bond motifs is 3. The molecular weight excluding hydrogens is 503 g/mol. The van der Waals surface area contributed by atoms with Crippen LogP contribution in [0, 0.1) is 0 Å². The van der Waals surface area contributed by atoms with Gasteiger partial charge in [0.25, 0.3) is 5.56 Å². The Kier molecular flexibility index (Phi) is 5.08. The molecule has 0 bridgehead atoms. The van der Waals surface area contributed by atoms with E-state index in [9.17, 15) is 22.8 Å². The molecule has 168 valence electrons. The number of nitrogens with one attached hydrogen (secondary N) is 1. The molecule has 3 heterocycles. The highest BCUT2D eigenvalue weighted by Gasteiger charge is 2.34. The lowest BCUT2D eigenvalue weighted by Gasteiger charge is -2.16. The van der Waals surface area contributed by atoms with Crippen LogP contribution in [0.2, 0.25) is 0 Å². The van der Waals surface area contributed by atoms with Gasteiger partial charge in [0.2, 0.25) is 11.7 Å². The topological polar surface area (TPSA) is 81.3 Å². The van der Waals surface area contributed by atoms with E-state index in [1.807, 2.05) is 30.3 Å². The third kappa shape index (κ3) is 3.71. The van der Waals surface area contributed by atoms with Crippen molar-refractivity contribution < 1.29 is 18.0 Å². The number of hydrogen-bond acceptors (Lipinski definition) is 4. The molecule has 0 saturated carbocycles. The van der Waals surface area contributed by atoms with Crippen molar-refractivity contribution in [3.8, 4) is 11.4 Å². The summed E-state index contributed by atoms with van der Waals surface area (Å²) < 4.78 is 41.5. The van der Waals surface area contributed by atoms with E-state index in [-0.39, 0.29) is 17.0 Å². The Morgan fingerprint density at radius 2 is 1.79 bits per heavy atom. The quantitative estimate of drug-likeness (QED) is 0.434. The van der Waals surface area contributed by atoms with Crippen LogP contribution in [0.25, 0.3) is 17.2 Å². The smallest absolute Gasteiger partial charge is 0.324 e. The molecule has 2 aromatic heterocycles. The van der Waals surface area contributed by atoms with Gasteiger partial charge < -0.3 is 9.88 Å². The van der Waals surface area contributed by atoms with Crippen LogP contribution in [0.5, 0.6) is 0 Å². The third-order valence-corrected chi connectivity index (χ3v) is 6.31. The number of carbonyl (C=O) groups excluding carboxylic acids is 1. The van der Waals surface area contributed by atoms with Crippen molar-refractivity contribution in [3.05, 3.63) is 80.7 Å². The Balaban J connectivity index is 1.53. The Hall–Kier alpha value is -3.47. The fourth-order valence-electron chi connectivity index (χ4n) is 3.93. The number of hydrogen-bond donors (Lipinski definition) is 1. The number of rotatable bonds is 3. The summed E-state index contributed by atoms with van der Waals surface area (Å²) in [7, 11) is 0. The van der Waals surface area contributed by atoms with Crippen LogP contribution in [0.15, 0.2) is 63.9 Å². The lowest BCUT2D eigenvalue weighted by molar-refractivity contribution is -0.137.